The summed E-state index contributed by atoms with van der Waals surface area (Å²) in [5.74, 6) is 0. The monoisotopic (exact) mass is 205 g/mol. The van der Waals surface area contributed by atoms with Gasteiger partial charge in [-0.1, -0.05) is 12.5 Å². The van der Waals surface area contributed by atoms with Gasteiger partial charge >= 0.3 is 0 Å². The lowest BCUT2D eigenvalue weighted by molar-refractivity contribution is 0.645. The quantitative estimate of drug-likeness (QED) is 0.804. The van der Waals surface area contributed by atoms with E-state index in [0.29, 0.717) is 0 Å². The maximum atomic E-state index is 6.02. The van der Waals surface area contributed by atoms with Crippen LogP contribution in [0.3, 0.4) is 0 Å². The fourth-order valence-electron chi connectivity index (χ4n) is 2.19. The van der Waals surface area contributed by atoms with Gasteiger partial charge in [-0.3, -0.25) is 4.68 Å². The summed E-state index contributed by atoms with van der Waals surface area (Å²) >= 11 is 0. The van der Waals surface area contributed by atoms with Crippen LogP contribution in [0.5, 0.6) is 0 Å². The molecule has 1 aliphatic rings. The molecule has 0 spiro atoms. The first-order valence-electron chi connectivity index (χ1n) is 5.79. The zero-order chi connectivity index (χ0) is 10.7. The van der Waals surface area contributed by atoms with Crippen LogP contribution < -0.4 is 5.73 Å². The van der Waals surface area contributed by atoms with Crippen LogP contribution in [0.2, 0.25) is 0 Å². The molecule has 0 aromatic carbocycles. The fraction of sp³-hybridized carbons (Fsp3) is 0.583. The molecule has 0 bridgehead atoms. The minimum Gasteiger partial charge on any atom is -0.324 e. The first-order valence-corrected chi connectivity index (χ1v) is 5.79. The molecule has 2 rings (SSSR count). The number of hydrogen-bond donors (Lipinski definition) is 1. The molecule has 2 N–H and O–H groups in total. The number of allylic oxidation sites excluding steroid dienone is 1. The van der Waals surface area contributed by atoms with Crippen molar-refractivity contribution in [2.75, 3.05) is 0 Å². The van der Waals surface area contributed by atoms with Gasteiger partial charge in [-0.15, -0.1) is 0 Å². The molecule has 0 saturated heterocycles. The molecule has 3 nitrogen and oxygen atoms in total. The third-order valence-corrected chi connectivity index (χ3v) is 2.99. The molecule has 0 saturated carbocycles. The van der Waals surface area contributed by atoms with Crippen molar-refractivity contribution < 1.29 is 0 Å². The van der Waals surface area contributed by atoms with E-state index in [2.05, 4.69) is 24.2 Å². The molecule has 0 aliphatic heterocycles. The molecule has 3 heteroatoms. The van der Waals surface area contributed by atoms with Crippen LogP contribution in [0, 0.1) is 0 Å². The second-order valence-corrected chi connectivity index (χ2v) is 4.13. The number of hydrogen-bond acceptors (Lipinski definition) is 2. The van der Waals surface area contributed by atoms with E-state index in [1.54, 1.807) is 0 Å². The van der Waals surface area contributed by atoms with Crippen molar-refractivity contribution in [2.24, 2.45) is 5.73 Å². The standard InChI is InChI=1S/C12H19N3/c1-2-15-12(7-8-14-15)10-5-3-4-6-11(13)9-10/h7-9,11H,2-6,13H2,1H3. The molecule has 0 fully saturated rings. The van der Waals surface area contributed by atoms with Crippen molar-refractivity contribution in [2.45, 2.75) is 45.2 Å². The molecule has 1 unspecified atom stereocenters. The molecule has 0 amide bonds. The highest BCUT2D eigenvalue weighted by atomic mass is 15.3. The average Bonchev–Trinajstić information content (AvgIpc) is 2.61. The molecular weight excluding hydrogens is 186 g/mol. The summed E-state index contributed by atoms with van der Waals surface area (Å²) in [5, 5.41) is 4.30. The number of nitrogens with zero attached hydrogens (tertiary/aromatic N) is 2. The van der Waals surface area contributed by atoms with Gasteiger partial charge in [0.2, 0.25) is 0 Å². The van der Waals surface area contributed by atoms with E-state index in [4.69, 9.17) is 5.73 Å². The zero-order valence-electron chi connectivity index (χ0n) is 9.32. The first kappa shape index (κ1) is 10.4. The Morgan fingerprint density at radius 3 is 3.20 bits per heavy atom. The van der Waals surface area contributed by atoms with Crippen molar-refractivity contribution in [3.05, 3.63) is 24.0 Å². The van der Waals surface area contributed by atoms with Crippen LogP contribution >= 0.6 is 0 Å². The lowest BCUT2D eigenvalue weighted by Gasteiger charge is -2.08. The Labute approximate surface area is 91.0 Å². The highest BCUT2D eigenvalue weighted by Crippen LogP contribution is 2.25. The van der Waals surface area contributed by atoms with Crippen molar-refractivity contribution >= 4 is 5.57 Å². The maximum Gasteiger partial charge on any atom is 0.0639 e. The minimum absolute atomic E-state index is 0.225. The topological polar surface area (TPSA) is 43.8 Å². The van der Waals surface area contributed by atoms with E-state index < -0.39 is 0 Å². The third-order valence-electron chi connectivity index (χ3n) is 2.99. The summed E-state index contributed by atoms with van der Waals surface area (Å²) in [7, 11) is 0. The van der Waals surface area contributed by atoms with Gasteiger partial charge in [0, 0.05) is 18.8 Å². The third kappa shape index (κ3) is 2.29. The van der Waals surface area contributed by atoms with Crippen LogP contribution in [0.1, 0.15) is 38.3 Å². The number of aryl methyl sites for hydroxylation is 1. The summed E-state index contributed by atoms with van der Waals surface area (Å²) in [4.78, 5) is 0. The van der Waals surface area contributed by atoms with E-state index in [1.807, 2.05) is 10.9 Å². The summed E-state index contributed by atoms with van der Waals surface area (Å²) in [6.45, 7) is 3.04. The van der Waals surface area contributed by atoms with Gasteiger partial charge in [-0.2, -0.15) is 5.10 Å². The van der Waals surface area contributed by atoms with Gasteiger partial charge in [0.1, 0.15) is 0 Å². The zero-order valence-corrected chi connectivity index (χ0v) is 9.32. The molecule has 1 aliphatic carbocycles. The van der Waals surface area contributed by atoms with Crippen LogP contribution in [0.15, 0.2) is 18.3 Å². The van der Waals surface area contributed by atoms with Crippen LogP contribution in [0.25, 0.3) is 5.57 Å². The SMILES string of the molecule is CCn1nccc1C1=CC(N)CCCC1. The summed E-state index contributed by atoms with van der Waals surface area (Å²) < 4.78 is 2.05. The molecule has 1 aromatic rings. The average molecular weight is 205 g/mol. The predicted molar refractivity (Wildman–Crippen MR) is 62.3 cm³/mol. The molecule has 0 radical (unpaired) electrons. The normalized spacial score (nSPS) is 22.3. The summed E-state index contributed by atoms with van der Waals surface area (Å²) in [5.41, 5.74) is 8.64. The van der Waals surface area contributed by atoms with Crippen molar-refractivity contribution in [3.8, 4) is 0 Å². The summed E-state index contributed by atoms with van der Waals surface area (Å²) in [6.07, 6.45) is 8.82. The van der Waals surface area contributed by atoms with Gasteiger partial charge in [0.25, 0.3) is 0 Å². The van der Waals surface area contributed by atoms with Crippen LogP contribution in [-0.4, -0.2) is 15.8 Å². The molecule has 82 valence electrons. The van der Waals surface area contributed by atoms with Crippen molar-refractivity contribution in [3.63, 3.8) is 0 Å². The second kappa shape index (κ2) is 4.62. The second-order valence-electron chi connectivity index (χ2n) is 4.13. The Balaban J connectivity index is 2.28. The number of aromatic nitrogens is 2. The smallest absolute Gasteiger partial charge is 0.0639 e. The Hall–Kier alpha value is -1.09. The molecule has 1 heterocycles. The highest BCUT2D eigenvalue weighted by molar-refractivity contribution is 5.63. The van der Waals surface area contributed by atoms with Gasteiger partial charge in [-0.05, 0) is 37.8 Å². The Morgan fingerprint density at radius 2 is 2.40 bits per heavy atom. The van der Waals surface area contributed by atoms with E-state index >= 15 is 0 Å². The Kier molecular flexibility index (Phi) is 3.21. The number of nitrogens with two attached hydrogens (primary N) is 1. The Morgan fingerprint density at radius 1 is 1.53 bits per heavy atom. The summed E-state index contributed by atoms with van der Waals surface area (Å²) in [6, 6.07) is 2.32. The fourth-order valence-corrected chi connectivity index (χ4v) is 2.19. The van der Waals surface area contributed by atoms with Gasteiger partial charge < -0.3 is 5.73 Å². The molecule has 1 atom stereocenters. The first-order chi connectivity index (χ1) is 7.31. The van der Waals surface area contributed by atoms with E-state index in [-0.39, 0.29) is 6.04 Å². The van der Waals surface area contributed by atoms with E-state index in [1.165, 1.54) is 24.1 Å². The Bertz CT molecular complexity index is 352. The number of rotatable bonds is 2. The maximum absolute atomic E-state index is 6.02. The molecule has 15 heavy (non-hydrogen) atoms. The van der Waals surface area contributed by atoms with Crippen molar-refractivity contribution in [1.29, 1.82) is 0 Å². The van der Waals surface area contributed by atoms with E-state index in [9.17, 15) is 0 Å². The van der Waals surface area contributed by atoms with E-state index in [0.717, 1.165) is 19.4 Å². The van der Waals surface area contributed by atoms with Crippen molar-refractivity contribution in [1.82, 2.24) is 9.78 Å². The predicted octanol–water partition coefficient (Wildman–Crippen LogP) is 2.19. The minimum atomic E-state index is 0.225. The highest BCUT2D eigenvalue weighted by Gasteiger charge is 2.12. The largest absolute Gasteiger partial charge is 0.324 e. The molecular formula is C12H19N3. The van der Waals surface area contributed by atoms with Gasteiger partial charge in [0.05, 0.1) is 5.69 Å². The lowest BCUT2D eigenvalue weighted by Crippen LogP contribution is -2.16. The van der Waals surface area contributed by atoms with Gasteiger partial charge in [-0.25, -0.2) is 0 Å². The molecule has 1 aromatic heterocycles. The lowest BCUT2D eigenvalue weighted by atomic mass is 10.1. The van der Waals surface area contributed by atoms with Crippen LogP contribution in [0.4, 0.5) is 0 Å². The van der Waals surface area contributed by atoms with Gasteiger partial charge in [0.15, 0.2) is 0 Å². The van der Waals surface area contributed by atoms with Crippen LogP contribution in [-0.2, 0) is 6.54 Å².